The van der Waals surface area contributed by atoms with Crippen LogP contribution in [0.3, 0.4) is 0 Å². The van der Waals surface area contributed by atoms with Crippen LogP contribution in [0.2, 0.25) is 0 Å². The summed E-state index contributed by atoms with van der Waals surface area (Å²) in [5, 5.41) is 0. The maximum Gasteiger partial charge on any atom is -0.00614 e. The minimum absolute atomic E-state index is 0.569. The van der Waals surface area contributed by atoms with Crippen LogP contribution >= 0.6 is 0 Å². The van der Waals surface area contributed by atoms with Crippen molar-refractivity contribution in [1.29, 1.82) is 0 Å². The standard InChI is InChI=1S/C17H19/c1-14-7-6-10-17(11-14)13-15(2)12-16-8-4-3-5-9-16/h3-11,13,15H,12H2,1-2H3. The van der Waals surface area contributed by atoms with Crippen molar-refractivity contribution in [2.24, 2.45) is 5.92 Å². The first kappa shape index (κ1) is 11.9. The van der Waals surface area contributed by atoms with Crippen LogP contribution in [0.4, 0.5) is 0 Å². The number of hydrogen-bond donors (Lipinski definition) is 0. The van der Waals surface area contributed by atoms with Gasteiger partial charge in [0.15, 0.2) is 0 Å². The first-order valence-electron chi connectivity index (χ1n) is 6.19. The molecule has 0 nitrogen and oxygen atoms in total. The van der Waals surface area contributed by atoms with E-state index in [1.807, 2.05) is 0 Å². The quantitative estimate of drug-likeness (QED) is 0.719. The topological polar surface area (TPSA) is 0 Å². The molecule has 0 N–H and O–H groups in total. The Morgan fingerprint density at radius 1 is 1.00 bits per heavy atom. The van der Waals surface area contributed by atoms with Crippen LogP contribution in [0.15, 0.2) is 54.6 Å². The van der Waals surface area contributed by atoms with Gasteiger partial charge in [-0.05, 0) is 36.8 Å². The molecule has 1 radical (unpaired) electrons. The summed E-state index contributed by atoms with van der Waals surface area (Å²) >= 11 is 0. The Labute approximate surface area is 104 Å². The second-order valence-electron chi connectivity index (χ2n) is 4.75. The van der Waals surface area contributed by atoms with E-state index in [-0.39, 0.29) is 0 Å². The first-order chi connectivity index (χ1) is 8.24. The lowest BCUT2D eigenvalue weighted by Crippen LogP contribution is -2.01. The molecular weight excluding hydrogens is 204 g/mol. The molecule has 0 saturated carbocycles. The van der Waals surface area contributed by atoms with E-state index < -0.39 is 0 Å². The van der Waals surface area contributed by atoms with Crippen molar-refractivity contribution in [2.75, 3.05) is 0 Å². The van der Waals surface area contributed by atoms with Crippen molar-refractivity contribution in [3.8, 4) is 0 Å². The molecule has 17 heavy (non-hydrogen) atoms. The minimum Gasteiger partial charge on any atom is -0.0622 e. The fourth-order valence-corrected chi connectivity index (χ4v) is 2.15. The second-order valence-corrected chi connectivity index (χ2v) is 4.75. The van der Waals surface area contributed by atoms with E-state index in [9.17, 15) is 0 Å². The van der Waals surface area contributed by atoms with E-state index in [4.69, 9.17) is 0 Å². The predicted molar refractivity (Wildman–Crippen MR) is 73.9 cm³/mol. The molecule has 0 aliphatic rings. The molecule has 0 aliphatic carbocycles. The summed E-state index contributed by atoms with van der Waals surface area (Å²) in [5.74, 6) is 0.569. The molecule has 0 fully saturated rings. The number of benzene rings is 2. The third-order valence-corrected chi connectivity index (χ3v) is 2.92. The highest BCUT2D eigenvalue weighted by atomic mass is 14.1. The average Bonchev–Trinajstić information content (AvgIpc) is 2.30. The molecule has 0 bridgehead atoms. The van der Waals surface area contributed by atoms with Crippen LogP contribution < -0.4 is 0 Å². The summed E-state index contributed by atoms with van der Waals surface area (Å²) in [5.41, 5.74) is 4.06. The summed E-state index contributed by atoms with van der Waals surface area (Å²) in [7, 11) is 0. The first-order valence-corrected chi connectivity index (χ1v) is 6.19. The van der Waals surface area contributed by atoms with Crippen molar-refractivity contribution < 1.29 is 0 Å². The lowest BCUT2D eigenvalue weighted by Gasteiger charge is -2.11. The van der Waals surface area contributed by atoms with Crippen LogP contribution in [0.1, 0.15) is 23.6 Å². The maximum atomic E-state index is 2.35. The van der Waals surface area contributed by atoms with E-state index in [0.717, 1.165) is 6.42 Å². The molecule has 0 aliphatic heterocycles. The molecule has 0 heterocycles. The molecule has 1 atom stereocenters. The Hall–Kier alpha value is -1.56. The zero-order valence-electron chi connectivity index (χ0n) is 10.6. The van der Waals surface area contributed by atoms with Gasteiger partial charge in [-0.15, -0.1) is 0 Å². The summed E-state index contributed by atoms with van der Waals surface area (Å²) in [6, 6.07) is 19.3. The van der Waals surface area contributed by atoms with Crippen LogP contribution in [-0.4, -0.2) is 0 Å². The molecule has 0 aromatic heterocycles. The largest absolute Gasteiger partial charge is 0.0622 e. The zero-order chi connectivity index (χ0) is 12.1. The van der Waals surface area contributed by atoms with Gasteiger partial charge >= 0.3 is 0 Å². The van der Waals surface area contributed by atoms with Crippen LogP contribution in [0.5, 0.6) is 0 Å². The van der Waals surface area contributed by atoms with Gasteiger partial charge in [0.1, 0.15) is 0 Å². The highest BCUT2D eigenvalue weighted by molar-refractivity contribution is 5.29. The highest BCUT2D eigenvalue weighted by Gasteiger charge is 2.05. The van der Waals surface area contributed by atoms with Crippen LogP contribution in [0.25, 0.3) is 0 Å². The summed E-state index contributed by atoms with van der Waals surface area (Å²) in [4.78, 5) is 0. The molecular formula is C17H19. The predicted octanol–water partition coefficient (Wildman–Crippen LogP) is 4.43. The third kappa shape index (κ3) is 3.74. The Bertz CT molecular complexity index is 456. The Kier molecular flexibility index (Phi) is 3.98. The maximum absolute atomic E-state index is 2.35. The van der Waals surface area contributed by atoms with Gasteiger partial charge in [-0.2, -0.15) is 0 Å². The van der Waals surface area contributed by atoms with Crippen LogP contribution in [-0.2, 0) is 6.42 Å². The van der Waals surface area contributed by atoms with Crippen LogP contribution in [0, 0.1) is 19.3 Å². The van der Waals surface area contributed by atoms with Crippen molar-refractivity contribution in [3.05, 3.63) is 77.7 Å². The SMILES string of the molecule is Cc1cccc([CH]C(C)Cc2ccccc2)c1. The fourth-order valence-electron chi connectivity index (χ4n) is 2.15. The number of rotatable bonds is 4. The smallest absolute Gasteiger partial charge is 0.00614 e. The summed E-state index contributed by atoms with van der Waals surface area (Å²) in [6.45, 7) is 4.41. The average molecular weight is 223 g/mol. The van der Waals surface area contributed by atoms with E-state index in [1.165, 1.54) is 16.7 Å². The Morgan fingerprint density at radius 3 is 2.47 bits per heavy atom. The minimum atomic E-state index is 0.569. The number of aryl methyl sites for hydroxylation is 1. The molecule has 87 valence electrons. The van der Waals surface area contributed by atoms with Gasteiger partial charge in [0.05, 0.1) is 0 Å². The molecule has 0 saturated heterocycles. The molecule has 0 spiro atoms. The molecule has 2 aromatic rings. The monoisotopic (exact) mass is 223 g/mol. The van der Waals surface area contributed by atoms with Gasteiger partial charge in [0.2, 0.25) is 0 Å². The lowest BCUT2D eigenvalue weighted by atomic mass is 9.94. The Morgan fingerprint density at radius 2 is 1.76 bits per heavy atom. The Balaban J connectivity index is 1.96. The van der Waals surface area contributed by atoms with Crippen molar-refractivity contribution in [3.63, 3.8) is 0 Å². The molecule has 2 aromatic carbocycles. The number of hydrogen-bond acceptors (Lipinski definition) is 0. The van der Waals surface area contributed by atoms with Crippen molar-refractivity contribution in [2.45, 2.75) is 20.3 Å². The summed E-state index contributed by atoms with van der Waals surface area (Å²) < 4.78 is 0. The third-order valence-electron chi connectivity index (χ3n) is 2.92. The van der Waals surface area contributed by atoms with E-state index in [1.54, 1.807) is 0 Å². The fraction of sp³-hybridized carbons (Fsp3) is 0.235. The molecule has 1 unspecified atom stereocenters. The molecule has 0 heteroatoms. The molecule has 0 amide bonds. The van der Waals surface area contributed by atoms with Gasteiger partial charge in [-0.25, -0.2) is 0 Å². The summed E-state index contributed by atoms with van der Waals surface area (Å²) in [6.07, 6.45) is 3.45. The molecule has 2 rings (SSSR count). The highest BCUT2D eigenvalue weighted by Crippen LogP contribution is 2.16. The van der Waals surface area contributed by atoms with Gasteiger partial charge in [-0.3, -0.25) is 0 Å². The zero-order valence-corrected chi connectivity index (χ0v) is 10.6. The van der Waals surface area contributed by atoms with E-state index in [2.05, 4.69) is 74.9 Å². The van der Waals surface area contributed by atoms with Gasteiger partial charge in [0.25, 0.3) is 0 Å². The van der Waals surface area contributed by atoms with Crippen molar-refractivity contribution in [1.82, 2.24) is 0 Å². The van der Waals surface area contributed by atoms with Gasteiger partial charge in [-0.1, -0.05) is 67.1 Å². The lowest BCUT2D eigenvalue weighted by molar-refractivity contribution is 0.681. The van der Waals surface area contributed by atoms with Gasteiger partial charge in [0, 0.05) is 0 Å². The van der Waals surface area contributed by atoms with Gasteiger partial charge < -0.3 is 0 Å². The van der Waals surface area contributed by atoms with E-state index in [0.29, 0.717) is 5.92 Å². The van der Waals surface area contributed by atoms with Crippen molar-refractivity contribution >= 4 is 0 Å². The van der Waals surface area contributed by atoms with E-state index >= 15 is 0 Å². The normalized spacial score (nSPS) is 12.4. The second kappa shape index (κ2) is 5.67.